The van der Waals surface area contributed by atoms with Crippen molar-refractivity contribution in [3.8, 4) is 0 Å². The molecule has 0 spiro atoms. The van der Waals surface area contributed by atoms with Crippen LogP contribution >= 0.6 is 11.3 Å². The van der Waals surface area contributed by atoms with Crippen molar-refractivity contribution in [2.24, 2.45) is 0 Å². The molecule has 3 fully saturated rings. The number of hydrogen-bond acceptors (Lipinski definition) is 9. The van der Waals surface area contributed by atoms with Gasteiger partial charge in [-0.2, -0.15) is 4.31 Å². The molecule has 3 aliphatic rings. The van der Waals surface area contributed by atoms with E-state index in [-0.39, 0.29) is 34.3 Å². The highest BCUT2D eigenvalue weighted by molar-refractivity contribution is 7.91. The highest BCUT2D eigenvalue weighted by Gasteiger charge is 2.40. The highest BCUT2D eigenvalue weighted by Crippen LogP contribution is 2.34. The summed E-state index contributed by atoms with van der Waals surface area (Å²) in [7, 11) is -3.63. The third-order valence-corrected chi connectivity index (χ3v) is 11.9. The van der Waals surface area contributed by atoms with Gasteiger partial charge in [-0.1, -0.05) is 23.5 Å². The standard InChI is InChI=1S/C27H36FN7O3S2/c1-19-14-32(16-23-11-25(36)17-34(19)23)27-30-13-26(39-27)40(37,38)33-9-7-31(8-10-33)15-24-12-29-18-35(24)20(2)21-3-5-22(28)6-4-21/h3-6,12-13,18-20,23,25,36H,7-11,14-17H2,1-2H3/t19?,20-,23+,25-/m1/s1. The van der Waals surface area contributed by atoms with Crippen LogP contribution in [0.25, 0.3) is 0 Å². The van der Waals surface area contributed by atoms with Crippen molar-refractivity contribution in [1.29, 1.82) is 0 Å². The molecule has 1 unspecified atom stereocenters. The quantitative estimate of drug-likeness (QED) is 0.448. The van der Waals surface area contributed by atoms with Crippen LogP contribution < -0.4 is 4.90 Å². The first kappa shape index (κ1) is 27.7. The number of thiazole rings is 1. The van der Waals surface area contributed by atoms with E-state index in [0.29, 0.717) is 39.3 Å². The molecular weight excluding hydrogens is 553 g/mol. The Bertz CT molecular complexity index is 1420. The molecule has 1 N–H and O–H groups in total. The summed E-state index contributed by atoms with van der Waals surface area (Å²) in [6.07, 6.45) is 5.58. The highest BCUT2D eigenvalue weighted by atomic mass is 32.2. The zero-order chi connectivity index (χ0) is 28.0. The van der Waals surface area contributed by atoms with Crippen molar-refractivity contribution in [2.75, 3.05) is 50.7 Å². The lowest BCUT2D eigenvalue weighted by atomic mass is 10.1. The van der Waals surface area contributed by atoms with Crippen LogP contribution in [0.15, 0.2) is 47.2 Å². The van der Waals surface area contributed by atoms with Gasteiger partial charge in [-0.15, -0.1) is 0 Å². The van der Waals surface area contributed by atoms with Crippen LogP contribution in [0.5, 0.6) is 0 Å². The molecular formula is C27H36FN7O3S2. The van der Waals surface area contributed by atoms with E-state index in [2.05, 4.69) is 43.1 Å². The summed E-state index contributed by atoms with van der Waals surface area (Å²) in [5.41, 5.74) is 2.03. The van der Waals surface area contributed by atoms with Crippen LogP contribution in [0.3, 0.4) is 0 Å². The number of benzene rings is 1. The van der Waals surface area contributed by atoms with Crippen LogP contribution in [0.2, 0.25) is 0 Å². The molecule has 10 nitrogen and oxygen atoms in total. The lowest BCUT2D eigenvalue weighted by molar-refractivity contribution is 0.142. The number of sulfonamides is 1. The number of nitrogens with zero attached hydrogens (tertiary/aromatic N) is 7. The minimum absolute atomic E-state index is 0.00462. The molecule has 4 atom stereocenters. The minimum Gasteiger partial charge on any atom is -0.392 e. The fraction of sp³-hybridized carbons (Fsp3) is 0.556. The van der Waals surface area contributed by atoms with E-state index < -0.39 is 10.0 Å². The Morgan fingerprint density at radius 3 is 2.60 bits per heavy atom. The van der Waals surface area contributed by atoms with E-state index in [0.717, 1.165) is 35.9 Å². The van der Waals surface area contributed by atoms with Crippen molar-refractivity contribution in [3.05, 3.63) is 60.1 Å². The second-order valence-electron chi connectivity index (χ2n) is 11.2. The summed E-state index contributed by atoms with van der Waals surface area (Å²) in [5.74, 6) is -0.258. The fourth-order valence-electron chi connectivity index (χ4n) is 6.25. The zero-order valence-electron chi connectivity index (χ0n) is 22.8. The lowest BCUT2D eigenvalue weighted by Gasteiger charge is -2.41. The number of aromatic nitrogens is 3. The first-order valence-electron chi connectivity index (χ1n) is 13.8. The molecule has 3 aromatic rings. The number of aliphatic hydroxyl groups excluding tert-OH is 1. The molecule has 40 heavy (non-hydrogen) atoms. The van der Waals surface area contributed by atoms with Crippen LogP contribution in [0.4, 0.5) is 9.52 Å². The van der Waals surface area contributed by atoms with E-state index in [1.54, 1.807) is 22.8 Å². The summed E-state index contributed by atoms with van der Waals surface area (Å²) in [6.45, 7) is 9.15. The number of aliphatic hydroxyl groups is 1. The Morgan fingerprint density at radius 2 is 1.85 bits per heavy atom. The number of fused-ring (bicyclic) bond motifs is 1. The van der Waals surface area contributed by atoms with E-state index in [1.165, 1.54) is 29.7 Å². The molecule has 3 saturated heterocycles. The van der Waals surface area contributed by atoms with E-state index >= 15 is 0 Å². The molecule has 0 radical (unpaired) electrons. The molecule has 2 aromatic heterocycles. The SMILES string of the molecule is CC1CN(c2ncc(S(=O)(=O)N3CCN(Cc4cncn4[C@H](C)c4ccc(F)cc4)CC3)s2)C[C@@H]2C[C@@H](O)CN12. The smallest absolute Gasteiger partial charge is 0.254 e. The topological polar surface area (TPSA) is 98.0 Å². The van der Waals surface area contributed by atoms with Gasteiger partial charge >= 0.3 is 0 Å². The van der Waals surface area contributed by atoms with Crippen LogP contribution in [0, 0.1) is 5.82 Å². The maximum absolute atomic E-state index is 13.5. The van der Waals surface area contributed by atoms with Gasteiger partial charge in [-0.05, 0) is 38.0 Å². The van der Waals surface area contributed by atoms with Gasteiger partial charge in [-0.3, -0.25) is 9.80 Å². The van der Waals surface area contributed by atoms with Crippen LogP contribution in [0.1, 0.15) is 37.6 Å². The zero-order valence-corrected chi connectivity index (χ0v) is 24.4. The Balaban J connectivity index is 1.07. The van der Waals surface area contributed by atoms with Crippen LogP contribution in [-0.4, -0.2) is 106 Å². The lowest BCUT2D eigenvalue weighted by Crippen LogP contribution is -2.55. The maximum Gasteiger partial charge on any atom is 0.254 e. The average molecular weight is 590 g/mol. The average Bonchev–Trinajstić information content (AvgIpc) is 3.69. The Hall–Kier alpha value is -2.42. The van der Waals surface area contributed by atoms with Gasteiger partial charge in [0.25, 0.3) is 10.0 Å². The molecule has 216 valence electrons. The number of rotatable bonds is 7. The summed E-state index contributed by atoms with van der Waals surface area (Å²) in [6, 6.07) is 7.07. The minimum atomic E-state index is -3.63. The number of piperazine rings is 2. The van der Waals surface area contributed by atoms with Gasteiger partial charge < -0.3 is 14.6 Å². The van der Waals surface area contributed by atoms with Crippen molar-refractivity contribution >= 4 is 26.5 Å². The molecule has 0 bridgehead atoms. The Kier molecular flexibility index (Phi) is 7.70. The van der Waals surface area contributed by atoms with Crippen LogP contribution in [-0.2, 0) is 16.6 Å². The number of imidazole rings is 1. The third kappa shape index (κ3) is 5.42. The Labute approximate surface area is 238 Å². The van der Waals surface area contributed by atoms with Gasteiger partial charge in [0.15, 0.2) is 9.34 Å². The van der Waals surface area contributed by atoms with Gasteiger partial charge in [0, 0.05) is 70.6 Å². The summed E-state index contributed by atoms with van der Waals surface area (Å²) >= 11 is 1.24. The van der Waals surface area contributed by atoms with E-state index in [9.17, 15) is 17.9 Å². The molecule has 0 amide bonds. The summed E-state index contributed by atoms with van der Waals surface area (Å²) in [4.78, 5) is 15.6. The summed E-state index contributed by atoms with van der Waals surface area (Å²) in [5, 5.41) is 10.8. The van der Waals surface area contributed by atoms with Crippen molar-refractivity contribution < 1.29 is 17.9 Å². The predicted octanol–water partition coefficient (Wildman–Crippen LogP) is 2.24. The van der Waals surface area contributed by atoms with Crippen molar-refractivity contribution in [1.82, 2.24) is 28.6 Å². The third-order valence-electron chi connectivity index (χ3n) is 8.49. The molecule has 5 heterocycles. The predicted molar refractivity (Wildman–Crippen MR) is 151 cm³/mol. The second-order valence-corrected chi connectivity index (χ2v) is 14.3. The molecule has 13 heteroatoms. The molecule has 6 rings (SSSR count). The van der Waals surface area contributed by atoms with Gasteiger partial charge in [0.2, 0.25) is 0 Å². The van der Waals surface area contributed by atoms with E-state index in [4.69, 9.17) is 0 Å². The first-order chi connectivity index (χ1) is 19.2. The molecule has 0 saturated carbocycles. The van der Waals surface area contributed by atoms with Gasteiger partial charge in [0.05, 0.1) is 30.4 Å². The number of halogens is 1. The number of anilines is 1. The molecule has 0 aliphatic carbocycles. The monoisotopic (exact) mass is 589 g/mol. The van der Waals surface area contributed by atoms with Gasteiger partial charge in [0.1, 0.15) is 5.82 Å². The van der Waals surface area contributed by atoms with Crippen molar-refractivity contribution in [2.45, 2.75) is 55.3 Å². The molecule has 3 aliphatic heterocycles. The van der Waals surface area contributed by atoms with Gasteiger partial charge in [-0.25, -0.2) is 22.8 Å². The summed E-state index contributed by atoms with van der Waals surface area (Å²) < 4.78 is 44.3. The Morgan fingerprint density at radius 1 is 1.10 bits per heavy atom. The maximum atomic E-state index is 13.5. The normalized spacial score (nSPS) is 25.8. The number of hydrogen-bond donors (Lipinski definition) is 1. The first-order valence-corrected chi connectivity index (χ1v) is 16.1. The van der Waals surface area contributed by atoms with Crippen molar-refractivity contribution in [3.63, 3.8) is 0 Å². The molecule has 1 aromatic carbocycles. The largest absolute Gasteiger partial charge is 0.392 e. The second kappa shape index (κ2) is 11.1. The fourth-order valence-corrected chi connectivity index (χ4v) is 8.96. The van der Waals surface area contributed by atoms with E-state index in [1.807, 2.05) is 6.20 Å².